The predicted molar refractivity (Wildman–Crippen MR) is 129 cm³/mol. The molecule has 1 amide bonds. The van der Waals surface area contributed by atoms with Gasteiger partial charge in [-0.25, -0.2) is 9.59 Å². The monoisotopic (exact) mass is 469 g/mol. The summed E-state index contributed by atoms with van der Waals surface area (Å²) in [7, 11) is 0. The average Bonchev–Trinajstić information content (AvgIpc) is 2.76. The number of hydrogen-bond acceptors (Lipinski definition) is 6. The summed E-state index contributed by atoms with van der Waals surface area (Å²) in [5.74, 6) is 1.96. The third kappa shape index (κ3) is 12.2. The Hall–Kier alpha value is -1.93. The molecule has 1 aromatic rings. The molecule has 0 aliphatic heterocycles. The van der Waals surface area contributed by atoms with Crippen molar-refractivity contribution in [1.82, 2.24) is 4.90 Å². The Morgan fingerprint density at radius 1 is 1.09 bits per heavy atom. The minimum absolute atomic E-state index is 0.290. The highest BCUT2D eigenvalue weighted by molar-refractivity contribution is 7.99. The molecule has 0 aromatic heterocycles. The Bertz CT molecular complexity index is 652. The standard InChI is InChI=1S/C24H39NO6S/c1-5-7-15-32-16-13-25(24(28)31-18-19(3)4)12-14-30-21-10-8-20(9-11-21)17-22(23(26)27)29-6-2/h8-11,19,22H,5-7,12-18H2,1-4H3,(H,26,27). The molecule has 0 bridgehead atoms. The van der Waals surface area contributed by atoms with Crippen LogP contribution in [0.1, 0.15) is 46.1 Å². The molecule has 8 heteroatoms. The topological polar surface area (TPSA) is 85.3 Å². The van der Waals surface area contributed by atoms with Crippen LogP contribution in [0.3, 0.4) is 0 Å². The Balaban J connectivity index is 2.53. The van der Waals surface area contributed by atoms with Gasteiger partial charge in [0.1, 0.15) is 12.4 Å². The summed E-state index contributed by atoms with van der Waals surface area (Å²) in [5, 5.41) is 9.21. The van der Waals surface area contributed by atoms with E-state index in [9.17, 15) is 14.7 Å². The zero-order chi connectivity index (χ0) is 23.8. The summed E-state index contributed by atoms with van der Waals surface area (Å²) in [6.45, 7) is 10.1. The Morgan fingerprint density at radius 3 is 2.41 bits per heavy atom. The van der Waals surface area contributed by atoms with Crippen LogP contribution in [-0.2, 0) is 20.7 Å². The number of rotatable bonds is 17. The lowest BCUT2D eigenvalue weighted by Crippen LogP contribution is -2.37. The van der Waals surface area contributed by atoms with E-state index in [1.165, 1.54) is 12.8 Å². The highest BCUT2D eigenvalue weighted by atomic mass is 32.2. The molecule has 0 spiro atoms. The van der Waals surface area contributed by atoms with Crippen molar-refractivity contribution in [2.24, 2.45) is 5.92 Å². The number of carbonyl (C=O) groups excluding carboxylic acids is 1. The van der Waals surface area contributed by atoms with Gasteiger partial charge in [-0.05, 0) is 42.7 Å². The molecule has 1 aromatic carbocycles. The van der Waals surface area contributed by atoms with Crippen LogP contribution in [0.25, 0.3) is 0 Å². The molecule has 0 aliphatic rings. The van der Waals surface area contributed by atoms with Crippen molar-refractivity contribution < 1.29 is 28.9 Å². The van der Waals surface area contributed by atoms with Gasteiger partial charge < -0.3 is 24.2 Å². The maximum Gasteiger partial charge on any atom is 0.409 e. The number of nitrogens with zero attached hydrogens (tertiary/aromatic N) is 1. The molecule has 182 valence electrons. The summed E-state index contributed by atoms with van der Waals surface area (Å²) in [6, 6.07) is 7.29. The second-order valence-corrected chi connectivity index (χ2v) is 9.13. The number of unbranched alkanes of at least 4 members (excludes halogenated alkanes) is 1. The van der Waals surface area contributed by atoms with Gasteiger partial charge >= 0.3 is 12.1 Å². The predicted octanol–water partition coefficient (Wildman–Crippen LogP) is 4.73. The average molecular weight is 470 g/mol. The zero-order valence-corrected chi connectivity index (χ0v) is 20.7. The normalized spacial score (nSPS) is 11.9. The molecule has 1 unspecified atom stereocenters. The van der Waals surface area contributed by atoms with Crippen LogP contribution in [-0.4, -0.2) is 72.6 Å². The number of aliphatic carboxylic acids is 1. The number of carboxylic acid groups (broad SMARTS) is 1. The molecular weight excluding hydrogens is 430 g/mol. The maximum absolute atomic E-state index is 12.4. The van der Waals surface area contributed by atoms with Crippen LogP contribution < -0.4 is 4.74 Å². The van der Waals surface area contributed by atoms with Gasteiger partial charge in [-0.15, -0.1) is 0 Å². The maximum atomic E-state index is 12.4. The van der Waals surface area contributed by atoms with E-state index in [4.69, 9.17) is 14.2 Å². The van der Waals surface area contributed by atoms with Gasteiger partial charge in [0.2, 0.25) is 0 Å². The first-order valence-electron chi connectivity index (χ1n) is 11.4. The molecule has 32 heavy (non-hydrogen) atoms. The number of amides is 1. The summed E-state index contributed by atoms with van der Waals surface area (Å²) < 4.78 is 16.5. The SMILES string of the molecule is CCCCSCCN(CCOc1ccc(CC(OCC)C(=O)O)cc1)C(=O)OCC(C)C. The van der Waals surface area contributed by atoms with E-state index < -0.39 is 12.1 Å². The molecule has 0 radical (unpaired) electrons. The summed E-state index contributed by atoms with van der Waals surface area (Å²) in [5.41, 5.74) is 0.862. The second kappa shape index (κ2) is 16.7. The Kier molecular flexibility index (Phi) is 14.6. The van der Waals surface area contributed by atoms with Crippen molar-refractivity contribution in [1.29, 1.82) is 0 Å². The van der Waals surface area contributed by atoms with E-state index in [1.807, 2.05) is 49.9 Å². The third-order valence-corrected chi connectivity index (χ3v) is 5.61. The highest BCUT2D eigenvalue weighted by Crippen LogP contribution is 2.15. The van der Waals surface area contributed by atoms with E-state index in [0.717, 1.165) is 17.1 Å². The van der Waals surface area contributed by atoms with Crippen LogP contribution in [0.4, 0.5) is 4.79 Å². The smallest absolute Gasteiger partial charge is 0.409 e. The molecule has 1 rings (SSSR count). The molecule has 1 atom stereocenters. The van der Waals surface area contributed by atoms with Gasteiger partial charge in [-0.1, -0.05) is 39.3 Å². The van der Waals surface area contributed by atoms with E-state index in [-0.39, 0.29) is 12.0 Å². The Morgan fingerprint density at radius 2 is 1.81 bits per heavy atom. The quantitative estimate of drug-likeness (QED) is 0.330. The number of carbonyl (C=O) groups is 2. The van der Waals surface area contributed by atoms with Crippen molar-refractivity contribution >= 4 is 23.8 Å². The van der Waals surface area contributed by atoms with Crippen LogP contribution >= 0.6 is 11.8 Å². The van der Waals surface area contributed by atoms with Gasteiger partial charge in [0.15, 0.2) is 6.10 Å². The minimum Gasteiger partial charge on any atom is -0.492 e. The lowest BCUT2D eigenvalue weighted by atomic mass is 10.1. The fourth-order valence-corrected chi connectivity index (χ4v) is 3.82. The number of thioether (sulfide) groups is 1. The second-order valence-electron chi connectivity index (χ2n) is 7.90. The fraction of sp³-hybridized carbons (Fsp3) is 0.667. The molecule has 0 heterocycles. The van der Waals surface area contributed by atoms with Gasteiger partial charge in [0, 0.05) is 25.3 Å². The van der Waals surface area contributed by atoms with Crippen molar-refractivity contribution in [3.05, 3.63) is 29.8 Å². The third-order valence-electron chi connectivity index (χ3n) is 4.56. The van der Waals surface area contributed by atoms with Crippen molar-refractivity contribution in [2.45, 2.75) is 53.1 Å². The molecule has 1 N–H and O–H groups in total. The highest BCUT2D eigenvalue weighted by Gasteiger charge is 2.18. The summed E-state index contributed by atoms with van der Waals surface area (Å²) in [6.07, 6.45) is 1.49. The van der Waals surface area contributed by atoms with Crippen molar-refractivity contribution in [3.8, 4) is 5.75 Å². The van der Waals surface area contributed by atoms with Crippen LogP contribution in [0, 0.1) is 5.92 Å². The first-order valence-corrected chi connectivity index (χ1v) is 12.6. The molecule has 0 saturated heterocycles. The number of carboxylic acids is 1. The lowest BCUT2D eigenvalue weighted by Gasteiger charge is -2.22. The number of hydrogen-bond donors (Lipinski definition) is 1. The first-order chi connectivity index (χ1) is 15.4. The molecule has 0 aliphatic carbocycles. The van der Waals surface area contributed by atoms with E-state index >= 15 is 0 Å². The van der Waals surface area contributed by atoms with E-state index in [1.54, 1.807) is 11.8 Å². The van der Waals surface area contributed by atoms with Crippen molar-refractivity contribution in [2.75, 3.05) is 44.4 Å². The van der Waals surface area contributed by atoms with E-state index in [2.05, 4.69) is 6.92 Å². The van der Waals surface area contributed by atoms with Gasteiger partial charge in [-0.3, -0.25) is 0 Å². The summed E-state index contributed by atoms with van der Waals surface area (Å²) >= 11 is 1.85. The van der Waals surface area contributed by atoms with E-state index in [0.29, 0.717) is 45.1 Å². The van der Waals surface area contributed by atoms with Gasteiger partial charge in [0.05, 0.1) is 13.2 Å². The number of ether oxygens (including phenoxy) is 3. The Labute approximate surface area is 196 Å². The molecule has 7 nitrogen and oxygen atoms in total. The van der Waals surface area contributed by atoms with Crippen LogP contribution in [0.5, 0.6) is 5.75 Å². The molecule has 0 saturated carbocycles. The fourth-order valence-electron chi connectivity index (χ4n) is 2.78. The summed E-state index contributed by atoms with van der Waals surface area (Å²) in [4.78, 5) is 25.4. The zero-order valence-electron chi connectivity index (χ0n) is 19.9. The largest absolute Gasteiger partial charge is 0.492 e. The van der Waals surface area contributed by atoms with Crippen LogP contribution in [0.2, 0.25) is 0 Å². The number of benzene rings is 1. The minimum atomic E-state index is -0.968. The first kappa shape index (κ1) is 28.1. The molecule has 0 fully saturated rings. The van der Waals surface area contributed by atoms with Gasteiger partial charge in [0.25, 0.3) is 0 Å². The lowest BCUT2D eigenvalue weighted by molar-refractivity contribution is -0.149. The molecular formula is C24H39NO6S. The van der Waals surface area contributed by atoms with Gasteiger partial charge in [-0.2, -0.15) is 11.8 Å². The van der Waals surface area contributed by atoms with Crippen LogP contribution in [0.15, 0.2) is 24.3 Å². The van der Waals surface area contributed by atoms with Crippen molar-refractivity contribution in [3.63, 3.8) is 0 Å².